The van der Waals surface area contributed by atoms with E-state index >= 15 is 0 Å². The van der Waals surface area contributed by atoms with E-state index in [9.17, 15) is 0 Å². The SMILES string of the molecule is CC(C)Oc1cccc(CN(C)C2CCNC2)c1.Cl. The molecule has 1 unspecified atom stereocenters. The van der Waals surface area contributed by atoms with Crippen molar-refractivity contribution in [3.8, 4) is 5.75 Å². The van der Waals surface area contributed by atoms with Crippen LogP contribution in [0, 0.1) is 0 Å². The third kappa shape index (κ3) is 5.01. The van der Waals surface area contributed by atoms with Crippen LogP contribution in [0.3, 0.4) is 0 Å². The average molecular weight is 285 g/mol. The van der Waals surface area contributed by atoms with Crippen molar-refractivity contribution in [2.75, 3.05) is 20.1 Å². The molecule has 1 aromatic rings. The third-order valence-corrected chi connectivity index (χ3v) is 3.36. The van der Waals surface area contributed by atoms with E-state index in [1.54, 1.807) is 0 Å². The molecule has 0 aromatic heterocycles. The molecule has 1 saturated heterocycles. The van der Waals surface area contributed by atoms with Gasteiger partial charge in [0.05, 0.1) is 6.10 Å². The van der Waals surface area contributed by atoms with Gasteiger partial charge < -0.3 is 10.1 Å². The summed E-state index contributed by atoms with van der Waals surface area (Å²) in [5.41, 5.74) is 1.32. The van der Waals surface area contributed by atoms with Gasteiger partial charge in [-0.2, -0.15) is 0 Å². The maximum Gasteiger partial charge on any atom is 0.120 e. The number of likely N-dealkylation sites (N-methyl/N-ethyl adjacent to an activating group) is 1. The lowest BCUT2D eigenvalue weighted by Crippen LogP contribution is -2.32. The van der Waals surface area contributed by atoms with E-state index < -0.39 is 0 Å². The second-order valence-electron chi connectivity index (χ2n) is 5.38. The first-order chi connectivity index (χ1) is 8.65. The number of ether oxygens (including phenoxy) is 1. The lowest BCUT2D eigenvalue weighted by atomic mass is 10.1. The number of nitrogens with one attached hydrogen (secondary N) is 1. The molecule has 1 atom stereocenters. The van der Waals surface area contributed by atoms with E-state index in [0.29, 0.717) is 6.04 Å². The van der Waals surface area contributed by atoms with Gasteiger partial charge in [0.2, 0.25) is 0 Å². The predicted molar refractivity (Wildman–Crippen MR) is 82.2 cm³/mol. The Bertz CT molecular complexity index is 378. The van der Waals surface area contributed by atoms with Gasteiger partial charge in [0.25, 0.3) is 0 Å². The van der Waals surface area contributed by atoms with Crippen LogP contribution in [-0.2, 0) is 6.54 Å². The Morgan fingerprint density at radius 1 is 1.42 bits per heavy atom. The fourth-order valence-electron chi connectivity index (χ4n) is 2.42. The van der Waals surface area contributed by atoms with Crippen LogP contribution < -0.4 is 10.1 Å². The molecule has 0 bridgehead atoms. The van der Waals surface area contributed by atoms with Crippen molar-refractivity contribution in [1.82, 2.24) is 10.2 Å². The number of hydrogen-bond donors (Lipinski definition) is 1. The van der Waals surface area contributed by atoms with E-state index in [-0.39, 0.29) is 18.5 Å². The maximum absolute atomic E-state index is 5.73. The molecule has 3 nitrogen and oxygen atoms in total. The third-order valence-electron chi connectivity index (χ3n) is 3.36. The molecule has 1 N–H and O–H groups in total. The van der Waals surface area contributed by atoms with E-state index in [2.05, 4.69) is 49.3 Å². The Labute approximate surface area is 122 Å². The molecule has 1 heterocycles. The molecule has 1 fully saturated rings. The van der Waals surface area contributed by atoms with Crippen LogP contribution in [0.4, 0.5) is 0 Å². The molecule has 0 radical (unpaired) electrons. The fourth-order valence-corrected chi connectivity index (χ4v) is 2.42. The molecule has 0 amide bonds. The van der Waals surface area contributed by atoms with Crippen LogP contribution in [0.2, 0.25) is 0 Å². The molecular weight excluding hydrogens is 260 g/mol. The number of hydrogen-bond acceptors (Lipinski definition) is 3. The van der Waals surface area contributed by atoms with Gasteiger partial charge in [-0.3, -0.25) is 4.90 Å². The van der Waals surface area contributed by atoms with Gasteiger partial charge >= 0.3 is 0 Å². The summed E-state index contributed by atoms with van der Waals surface area (Å²) in [6.45, 7) is 7.36. The Hall–Kier alpha value is -0.770. The number of rotatable bonds is 5. The minimum absolute atomic E-state index is 0. The summed E-state index contributed by atoms with van der Waals surface area (Å²) in [7, 11) is 2.20. The van der Waals surface area contributed by atoms with Crippen LogP contribution >= 0.6 is 12.4 Å². The summed E-state index contributed by atoms with van der Waals surface area (Å²) in [5.74, 6) is 0.973. The molecule has 0 aliphatic carbocycles. The second-order valence-corrected chi connectivity index (χ2v) is 5.38. The summed E-state index contributed by atoms with van der Waals surface area (Å²) < 4.78 is 5.73. The summed E-state index contributed by atoms with van der Waals surface area (Å²) in [6.07, 6.45) is 1.48. The van der Waals surface area contributed by atoms with Crippen molar-refractivity contribution in [2.24, 2.45) is 0 Å². The second kappa shape index (κ2) is 7.73. The Morgan fingerprint density at radius 3 is 2.84 bits per heavy atom. The minimum atomic E-state index is 0. The van der Waals surface area contributed by atoms with Crippen molar-refractivity contribution in [2.45, 2.75) is 39.0 Å². The summed E-state index contributed by atoms with van der Waals surface area (Å²) in [5, 5.41) is 3.41. The highest BCUT2D eigenvalue weighted by Crippen LogP contribution is 2.17. The van der Waals surface area contributed by atoms with Crippen LogP contribution in [0.25, 0.3) is 0 Å². The normalized spacial score (nSPS) is 18.7. The van der Waals surface area contributed by atoms with Crippen LogP contribution in [0.5, 0.6) is 5.75 Å². The lowest BCUT2D eigenvalue weighted by Gasteiger charge is -2.23. The summed E-state index contributed by atoms with van der Waals surface area (Å²) in [4.78, 5) is 2.43. The molecule has 108 valence electrons. The fraction of sp³-hybridized carbons (Fsp3) is 0.600. The van der Waals surface area contributed by atoms with Crippen molar-refractivity contribution in [3.05, 3.63) is 29.8 Å². The Balaban J connectivity index is 0.00000180. The van der Waals surface area contributed by atoms with Gasteiger partial charge in [0.15, 0.2) is 0 Å². The standard InChI is InChI=1S/C15H24N2O.ClH/c1-12(2)18-15-6-4-5-13(9-15)11-17(3)14-7-8-16-10-14;/h4-6,9,12,14,16H,7-8,10-11H2,1-3H3;1H. The molecule has 2 rings (SSSR count). The first kappa shape index (κ1) is 16.3. The van der Waals surface area contributed by atoms with Crippen LogP contribution in [0.15, 0.2) is 24.3 Å². The highest BCUT2D eigenvalue weighted by molar-refractivity contribution is 5.85. The molecule has 4 heteroatoms. The monoisotopic (exact) mass is 284 g/mol. The van der Waals surface area contributed by atoms with E-state index in [4.69, 9.17) is 4.74 Å². The first-order valence-electron chi connectivity index (χ1n) is 6.81. The van der Waals surface area contributed by atoms with Gasteiger partial charge in [0, 0.05) is 19.1 Å². The smallest absolute Gasteiger partial charge is 0.120 e. The maximum atomic E-state index is 5.73. The van der Waals surface area contributed by atoms with E-state index in [0.717, 1.165) is 25.4 Å². The summed E-state index contributed by atoms with van der Waals surface area (Å²) >= 11 is 0. The molecule has 0 spiro atoms. The first-order valence-corrected chi connectivity index (χ1v) is 6.81. The van der Waals surface area contributed by atoms with E-state index in [1.807, 2.05) is 6.07 Å². The van der Waals surface area contributed by atoms with Crippen molar-refractivity contribution < 1.29 is 4.74 Å². The van der Waals surface area contributed by atoms with Crippen LogP contribution in [-0.4, -0.2) is 37.2 Å². The molecular formula is C15H25ClN2O. The van der Waals surface area contributed by atoms with Gasteiger partial charge in [-0.05, 0) is 51.6 Å². The zero-order chi connectivity index (χ0) is 13.0. The minimum Gasteiger partial charge on any atom is -0.491 e. The topological polar surface area (TPSA) is 24.5 Å². The summed E-state index contributed by atoms with van der Waals surface area (Å²) in [6, 6.07) is 9.10. The predicted octanol–water partition coefficient (Wildman–Crippen LogP) is 2.69. The quantitative estimate of drug-likeness (QED) is 0.900. The van der Waals surface area contributed by atoms with Crippen molar-refractivity contribution >= 4 is 12.4 Å². The molecule has 19 heavy (non-hydrogen) atoms. The average Bonchev–Trinajstić information content (AvgIpc) is 2.81. The number of nitrogens with zero attached hydrogens (tertiary/aromatic N) is 1. The Kier molecular flexibility index (Phi) is 6.63. The van der Waals surface area contributed by atoms with Gasteiger partial charge in [0.1, 0.15) is 5.75 Å². The molecule has 0 saturated carbocycles. The van der Waals surface area contributed by atoms with E-state index in [1.165, 1.54) is 12.0 Å². The lowest BCUT2D eigenvalue weighted by molar-refractivity contribution is 0.237. The number of halogens is 1. The molecule has 1 aliphatic heterocycles. The molecule has 1 aliphatic rings. The van der Waals surface area contributed by atoms with Crippen molar-refractivity contribution in [3.63, 3.8) is 0 Å². The zero-order valence-corrected chi connectivity index (χ0v) is 12.9. The zero-order valence-electron chi connectivity index (χ0n) is 12.1. The Morgan fingerprint density at radius 2 is 2.21 bits per heavy atom. The number of benzene rings is 1. The van der Waals surface area contributed by atoms with Gasteiger partial charge in [-0.25, -0.2) is 0 Å². The highest BCUT2D eigenvalue weighted by atomic mass is 35.5. The highest BCUT2D eigenvalue weighted by Gasteiger charge is 2.18. The van der Waals surface area contributed by atoms with Crippen molar-refractivity contribution in [1.29, 1.82) is 0 Å². The van der Waals surface area contributed by atoms with Gasteiger partial charge in [-0.15, -0.1) is 12.4 Å². The molecule has 1 aromatic carbocycles. The van der Waals surface area contributed by atoms with Crippen LogP contribution in [0.1, 0.15) is 25.8 Å². The largest absolute Gasteiger partial charge is 0.491 e. The van der Waals surface area contributed by atoms with Gasteiger partial charge in [-0.1, -0.05) is 12.1 Å².